The van der Waals surface area contributed by atoms with Gasteiger partial charge < -0.3 is 13.9 Å². The van der Waals surface area contributed by atoms with Crippen molar-refractivity contribution in [2.24, 2.45) is 0 Å². The molecule has 0 saturated carbocycles. The van der Waals surface area contributed by atoms with Crippen molar-refractivity contribution >= 4 is 0 Å². The van der Waals surface area contributed by atoms with E-state index in [-0.39, 0.29) is 0 Å². The summed E-state index contributed by atoms with van der Waals surface area (Å²) in [5.74, 6) is 2.68. The molecule has 0 N–H and O–H groups in total. The van der Waals surface area contributed by atoms with Gasteiger partial charge >= 0.3 is 0 Å². The molecule has 0 fully saturated rings. The largest absolute Gasteiger partial charge is 0.497 e. The molecule has 0 aliphatic heterocycles. The summed E-state index contributed by atoms with van der Waals surface area (Å²) in [6.07, 6.45) is 1.69. The van der Waals surface area contributed by atoms with Crippen LogP contribution < -0.4 is 9.47 Å². The van der Waals surface area contributed by atoms with Crippen LogP contribution in [0.4, 0.5) is 0 Å². The molecule has 21 heavy (non-hydrogen) atoms. The molecule has 0 aliphatic rings. The van der Waals surface area contributed by atoms with Crippen LogP contribution in [0, 0.1) is 0 Å². The Morgan fingerprint density at radius 1 is 0.952 bits per heavy atom. The van der Waals surface area contributed by atoms with Gasteiger partial charge in [-0.15, -0.1) is 0 Å². The van der Waals surface area contributed by atoms with E-state index in [4.69, 9.17) is 13.9 Å². The molecule has 4 heteroatoms. The van der Waals surface area contributed by atoms with Gasteiger partial charge in [0.15, 0.2) is 5.76 Å². The summed E-state index contributed by atoms with van der Waals surface area (Å²) >= 11 is 0. The number of rotatable bonds is 4. The third-order valence-electron chi connectivity index (χ3n) is 3.20. The molecule has 106 valence electrons. The molecule has 3 rings (SSSR count). The zero-order valence-corrected chi connectivity index (χ0v) is 11.9. The van der Waals surface area contributed by atoms with Crippen LogP contribution in [0.1, 0.15) is 0 Å². The van der Waals surface area contributed by atoms with Crippen molar-refractivity contribution in [1.82, 2.24) is 4.98 Å². The molecule has 0 radical (unpaired) electrons. The monoisotopic (exact) mass is 281 g/mol. The minimum Gasteiger partial charge on any atom is -0.497 e. The molecule has 2 aromatic carbocycles. The van der Waals surface area contributed by atoms with E-state index in [0.29, 0.717) is 17.4 Å². The second-order valence-electron chi connectivity index (χ2n) is 4.46. The zero-order valence-electron chi connectivity index (χ0n) is 11.9. The van der Waals surface area contributed by atoms with Crippen LogP contribution in [-0.4, -0.2) is 19.2 Å². The number of aromatic nitrogens is 1. The summed E-state index contributed by atoms with van der Waals surface area (Å²) in [4.78, 5) is 4.33. The predicted octanol–water partition coefficient (Wildman–Crippen LogP) is 4.03. The summed E-state index contributed by atoms with van der Waals surface area (Å²) in [5, 5.41) is 0. The highest BCUT2D eigenvalue weighted by Crippen LogP contribution is 2.35. The quantitative estimate of drug-likeness (QED) is 0.724. The van der Waals surface area contributed by atoms with Crippen LogP contribution in [0.15, 0.2) is 59.1 Å². The van der Waals surface area contributed by atoms with Gasteiger partial charge in [0.05, 0.1) is 26.0 Å². The van der Waals surface area contributed by atoms with E-state index < -0.39 is 0 Å². The maximum Gasteiger partial charge on any atom is 0.226 e. The Hall–Kier alpha value is -2.75. The number of methoxy groups -OCH3 is 2. The van der Waals surface area contributed by atoms with Crippen LogP contribution in [0.25, 0.3) is 22.8 Å². The molecular weight excluding hydrogens is 266 g/mol. The Bertz CT molecular complexity index is 735. The van der Waals surface area contributed by atoms with Gasteiger partial charge in [0, 0.05) is 5.56 Å². The van der Waals surface area contributed by atoms with Gasteiger partial charge in [-0.05, 0) is 30.3 Å². The number of oxazole rings is 1. The maximum absolute atomic E-state index is 5.85. The van der Waals surface area contributed by atoms with E-state index in [0.717, 1.165) is 16.9 Å². The molecule has 4 nitrogen and oxygen atoms in total. The fourth-order valence-electron chi connectivity index (χ4n) is 2.12. The third-order valence-corrected chi connectivity index (χ3v) is 3.20. The van der Waals surface area contributed by atoms with Gasteiger partial charge in [-0.25, -0.2) is 4.98 Å². The summed E-state index contributed by atoms with van der Waals surface area (Å²) < 4.78 is 16.5. The van der Waals surface area contributed by atoms with Crippen molar-refractivity contribution < 1.29 is 13.9 Å². The van der Waals surface area contributed by atoms with Crippen molar-refractivity contribution in [2.45, 2.75) is 0 Å². The van der Waals surface area contributed by atoms with Crippen LogP contribution in [0.5, 0.6) is 11.5 Å². The fourth-order valence-corrected chi connectivity index (χ4v) is 2.12. The third kappa shape index (κ3) is 2.60. The van der Waals surface area contributed by atoms with Crippen molar-refractivity contribution in [3.8, 4) is 34.3 Å². The first kappa shape index (κ1) is 13.2. The first-order chi connectivity index (χ1) is 10.3. The summed E-state index contributed by atoms with van der Waals surface area (Å²) in [5.41, 5.74) is 1.75. The van der Waals surface area contributed by atoms with E-state index in [1.807, 2.05) is 48.5 Å². The normalized spacial score (nSPS) is 10.4. The Labute approximate surface area is 123 Å². The average Bonchev–Trinajstić information content (AvgIpc) is 3.05. The molecule has 3 aromatic rings. The van der Waals surface area contributed by atoms with Gasteiger partial charge in [-0.3, -0.25) is 0 Å². The van der Waals surface area contributed by atoms with E-state index in [2.05, 4.69) is 4.98 Å². The lowest BCUT2D eigenvalue weighted by Crippen LogP contribution is -1.89. The van der Waals surface area contributed by atoms with Crippen LogP contribution in [0.3, 0.4) is 0 Å². The highest BCUT2D eigenvalue weighted by molar-refractivity contribution is 5.69. The summed E-state index contributed by atoms with van der Waals surface area (Å²) in [7, 11) is 3.25. The highest BCUT2D eigenvalue weighted by Gasteiger charge is 2.13. The lowest BCUT2D eigenvalue weighted by atomic mass is 10.1. The van der Waals surface area contributed by atoms with Crippen LogP contribution in [-0.2, 0) is 0 Å². The molecule has 1 aromatic heterocycles. The first-order valence-corrected chi connectivity index (χ1v) is 6.55. The molecule has 0 spiro atoms. The SMILES string of the molecule is COc1ccc(OC)c(-c2cnc(-c3ccccc3)o2)c1. The van der Waals surface area contributed by atoms with E-state index in [1.54, 1.807) is 20.4 Å². The van der Waals surface area contributed by atoms with Gasteiger partial charge in [0.2, 0.25) is 5.89 Å². The standard InChI is InChI=1S/C17H15NO3/c1-19-13-8-9-15(20-2)14(10-13)16-11-18-17(21-16)12-6-4-3-5-7-12/h3-11H,1-2H3. The lowest BCUT2D eigenvalue weighted by molar-refractivity contribution is 0.403. The van der Waals surface area contributed by atoms with Gasteiger partial charge in [-0.2, -0.15) is 0 Å². The molecule has 1 heterocycles. The Morgan fingerprint density at radius 3 is 2.48 bits per heavy atom. The van der Waals surface area contributed by atoms with E-state index in [1.165, 1.54) is 0 Å². The minimum absolute atomic E-state index is 0.579. The molecule has 0 bridgehead atoms. The summed E-state index contributed by atoms with van der Waals surface area (Å²) in [6.45, 7) is 0. The van der Waals surface area contributed by atoms with E-state index >= 15 is 0 Å². The van der Waals surface area contributed by atoms with Crippen LogP contribution >= 0.6 is 0 Å². The number of ether oxygens (including phenoxy) is 2. The highest BCUT2D eigenvalue weighted by atomic mass is 16.5. The second kappa shape index (κ2) is 5.71. The van der Waals surface area contributed by atoms with Gasteiger partial charge in [0.25, 0.3) is 0 Å². The number of benzene rings is 2. The lowest BCUT2D eigenvalue weighted by Gasteiger charge is -2.07. The molecule has 0 unspecified atom stereocenters. The van der Waals surface area contributed by atoms with Crippen molar-refractivity contribution in [1.29, 1.82) is 0 Å². The number of hydrogen-bond acceptors (Lipinski definition) is 4. The van der Waals surface area contributed by atoms with Crippen molar-refractivity contribution in [2.75, 3.05) is 14.2 Å². The average molecular weight is 281 g/mol. The minimum atomic E-state index is 0.579. The Morgan fingerprint density at radius 2 is 1.76 bits per heavy atom. The van der Waals surface area contributed by atoms with Gasteiger partial charge in [0.1, 0.15) is 11.5 Å². The predicted molar refractivity (Wildman–Crippen MR) is 80.5 cm³/mol. The van der Waals surface area contributed by atoms with Crippen molar-refractivity contribution in [3.05, 3.63) is 54.7 Å². The number of hydrogen-bond donors (Lipinski definition) is 0. The molecule has 0 atom stereocenters. The Kier molecular flexibility index (Phi) is 3.60. The Balaban J connectivity index is 2.04. The second-order valence-corrected chi connectivity index (χ2v) is 4.46. The maximum atomic E-state index is 5.85. The number of nitrogens with zero attached hydrogens (tertiary/aromatic N) is 1. The molecule has 0 saturated heterocycles. The van der Waals surface area contributed by atoms with Crippen molar-refractivity contribution in [3.63, 3.8) is 0 Å². The molecular formula is C17H15NO3. The van der Waals surface area contributed by atoms with Gasteiger partial charge in [-0.1, -0.05) is 18.2 Å². The summed E-state index contributed by atoms with van der Waals surface area (Å²) in [6, 6.07) is 15.3. The zero-order chi connectivity index (χ0) is 14.7. The van der Waals surface area contributed by atoms with Crippen LogP contribution in [0.2, 0.25) is 0 Å². The first-order valence-electron chi connectivity index (χ1n) is 6.55. The molecule has 0 amide bonds. The smallest absolute Gasteiger partial charge is 0.226 e. The fraction of sp³-hybridized carbons (Fsp3) is 0.118. The topological polar surface area (TPSA) is 44.5 Å². The van der Waals surface area contributed by atoms with E-state index in [9.17, 15) is 0 Å². The molecule has 0 aliphatic carbocycles.